The Morgan fingerprint density at radius 2 is 1.67 bits per heavy atom. The number of carbonyl (C=O) groups is 1. The molecule has 1 heterocycles. The van der Waals surface area contributed by atoms with E-state index in [9.17, 15) is 9.90 Å². The minimum Gasteiger partial charge on any atom is -0.392 e. The quantitative estimate of drug-likeness (QED) is 0.160. The fourth-order valence-electron chi connectivity index (χ4n) is 6.38. The molecule has 1 saturated heterocycles. The summed E-state index contributed by atoms with van der Waals surface area (Å²) in [7, 11) is 0. The number of carbonyl (C=O) groups excluding carboxylic acids is 1. The van der Waals surface area contributed by atoms with Gasteiger partial charge in [0.15, 0.2) is 6.29 Å². The lowest BCUT2D eigenvalue weighted by Gasteiger charge is -2.43. The number of amides is 1. The van der Waals surface area contributed by atoms with Crippen LogP contribution < -0.4 is 5.32 Å². The van der Waals surface area contributed by atoms with Crippen LogP contribution in [0.3, 0.4) is 0 Å². The number of hydrogen-bond acceptors (Lipinski definition) is 5. The molecule has 0 spiro atoms. The van der Waals surface area contributed by atoms with Gasteiger partial charge in [-0.15, -0.1) is 6.58 Å². The lowest BCUT2D eigenvalue weighted by molar-refractivity contribution is -0.276. The molecule has 3 aromatic carbocycles. The molecule has 4 atom stereocenters. The van der Waals surface area contributed by atoms with Gasteiger partial charge in [-0.1, -0.05) is 121 Å². The van der Waals surface area contributed by atoms with Crippen LogP contribution in [0.4, 0.5) is 0 Å². The van der Waals surface area contributed by atoms with Gasteiger partial charge in [0.05, 0.1) is 18.8 Å². The van der Waals surface area contributed by atoms with Gasteiger partial charge in [-0.05, 0) is 52.8 Å². The van der Waals surface area contributed by atoms with E-state index in [1.165, 1.54) is 25.7 Å². The van der Waals surface area contributed by atoms with Crippen LogP contribution in [0, 0.1) is 5.92 Å². The molecule has 1 aliphatic carbocycles. The van der Waals surface area contributed by atoms with Crippen LogP contribution in [0.2, 0.25) is 0 Å². The Labute approximate surface area is 281 Å². The smallest absolute Gasteiger partial charge is 0.272 e. The Bertz CT molecular complexity index is 1440. The minimum atomic E-state index is -2.01. The van der Waals surface area contributed by atoms with E-state index in [2.05, 4.69) is 29.8 Å². The van der Waals surface area contributed by atoms with Crippen LogP contribution in [0.1, 0.15) is 67.3 Å². The number of aliphatic hydroxyl groups is 1. The standard InChI is InChI=1S/C36H41Cl3N2O4/c1-3-18-41(31-12-4-5-13-31)22-32-24(2)33(27-16-14-25(23-42)15-17-27)45-34(44-32)30-11-7-10-29(20-30)28-9-6-8-26(19-28)21-40-35(43)36(37,38)39/h3,6-11,14-17,19-20,24,31-34,42H,1,4-5,12-13,18,21-23H2,2H3,(H,40,43)/t24-,32+,33+,34+/m1/s1. The maximum absolute atomic E-state index is 12.0. The lowest BCUT2D eigenvalue weighted by Crippen LogP contribution is -2.47. The number of hydrogen-bond donors (Lipinski definition) is 2. The molecule has 0 aromatic heterocycles. The summed E-state index contributed by atoms with van der Waals surface area (Å²) in [5, 5.41) is 12.3. The first-order valence-electron chi connectivity index (χ1n) is 15.6. The van der Waals surface area contributed by atoms with Crippen LogP contribution >= 0.6 is 34.8 Å². The first kappa shape index (κ1) is 33.9. The normalized spacial score (nSPS) is 22.4. The van der Waals surface area contributed by atoms with Crippen molar-refractivity contribution in [1.29, 1.82) is 0 Å². The summed E-state index contributed by atoms with van der Waals surface area (Å²) in [5.74, 6) is -0.576. The van der Waals surface area contributed by atoms with Crippen LogP contribution in [0.15, 0.2) is 85.5 Å². The third-order valence-electron chi connectivity index (χ3n) is 8.87. The molecule has 240 valence electrons. The SMILES string of the molecule is C=CCN(C[C@@H]1O[C@H](c2cccc(-c3cccc(CNC(=O)C(Cl)(Cl)Cl)c3)c2)O[C@H](c2ccc(CO)cc2)[C@@H]1C)C1CCCC1. The fourth-order valence-corrected chi connectivity index (χ4v) is 6.58. The van der Waals surface area contributed by atoms with Crippen LogP contribution in [0.5, 0.6) is 0 Å². The first-order valence-corrected chi connectivity index (χ1v) is 16.7. The summed E-state index contributed by atoms with van der Waals surface area (Å²) in [6.45, 7) is 8.09. The highest BCUT2D eigenvalue weighted by Gasteiger charge is 2.40. The predicted octanol–water partition coefficient (Wildman–Crippen LogP) is 8.05. The van der Waals surface area contributed by atoms with E-state index in [0.717, 1.165) is 46.5 Å². The van der Waals surface area contributed by atoms with Crippen molar-refractivity contribution in [2.45, 2.75) is 74.1 Å². The number of rotatable bonds is 11. The van der Waals surface area contributed by atoms with Gasteiger partial charge in [0.25, 0.3) is 9.70 Å². The van der Waals surface area contributed by atoms with Crippen LogP contribution in [-0.2, 0) is 27.4 Å². The molecule has 5 rings (SSSR count). The Morgan fingerprint density at radius 1 is 0.978 bits per heavy atom. The summed E-state index contributed by atoms with van der Waals surface area (Å²) in [6, 6.07) is 24.6. The van der Waals surface area contributed by atoms with Crippen molar-refractivity contribution in [3.05, 3.63) is 108 Å². The van der Waals surface area contributed by atoms with E-state index in [4.69, 9.17) is 44.3 Å². The van der Waals surface area contributed by atoms with Crippen LogP contribution in [0.25, 0.3) is 11.1 Å². The molecule has 0 bridgehead atoms. The zero-order valence-corrected chi connectivity index (χ0v) is 27.8. The van der Waals surface area contributed by atoms with Crippen molar-refractivity contribution in [1.82, 2.24) is 10.2 Å². The number of nitrogens with zero attached hydrogens (tertiary/aromatic N) is 1. The Hall–Kier alpha value is -2.42. The fraction of sp³-hybridized carbons (Fsp3) is 0.417. The Balaban J connectivity index is 1.41. The average molecular weight is 672 g/mol. The number of benzene rings is 3. The molecule has 1 amide bonds. The van der Waals surface area contributed by atoms with E-state index in [1.807, 2.05) is 72.8 Å². The number of halogens is 3. The van der Waals surface area contributed by atoms with Crippen molar-refractivity contribution in [3.63, 3.8) is 0 Å². The molecule has 2 fully saturated rings. The van der Waals surface area contributed by atoms with Crippen LogP contribution in [-0.4, -0.2) is 44.9 Å². The van der Waals surface area contributed by atoms with Crippen molar-refractivity contribution in [2.75, 3.05) is 13.1 Å². The molecule has 3 aromatic rings. The molecular weight excluding hydrogens is 631 g/mol. The summed E-state index contributed by atoms with van der Waals surface area (Å²) < 4.78 is 11.5. The summed E-state index contributed by atoms with van der Waals surface area (Å²) in [5.41, 5.74) is 5.70. The van der Waals surface area contributed by atoms with Gasteiger partial charge in [0.2, 0.25) is 0 Å². The second-order valence-corrected chi connectivity index (χ2v) is 14.3. The average Bonchev–Trinajstić information content (AvgIpc) is 3.59. The predicted molar refractivity (Wildman–Crippen MR) is 181 cm³/mol. The van der Waals surface area contributed by atoms with E-state index >= 15 is 0 Å². The van der Waals surface area contributed by atoms with Gasteiger partial charge in [-0.3, -0.25) is 9.69 Å². The Morgan fingerprint density at radius 3 is 2.33 bits per heavy atom. The van der Waals surface area contributed by atoms with Gasteiger partial charge < -0.3 is 19.9 Å². The molecule has 2 aliphatic rings. The maximum Gasteiger partial charge on any atom is 0.272 e. The largest absolute Gasteiger partial charge is 0.392 e. The van der Waals surface area contributed by atoms with E-state index in [-0.39, 0.29) is 31.3 Å². The number of ether oxygens (including phenoxy) is 2. The summed E-state index contributed by atoms with van der Waals surface area (Å²) >= 11 is 17.1. The zero-order chi connectivity index (χ0) is 32.0. The second kappa shape index (κ2) is 15.4. The van der Waals surface area contributed by atoms with Crippen molar-refractivity contribution in [2.24, 2.45) is 5.92 Å². The molecule has 45 heavy (non-hydrogen) atoms. The molecule has 9 heteroatoms. The maximum atomic E-state index is 12.0. The van der Waals surface area contributed by atoms with Gasteiger partial charge in [-0.2, -0.15) is 0 Å². The van der Waals surface area contributed by atoms with E-state index in [0.29, 0.717) is 6.04 Å². The molecule has 1 saturated carbocycles. The van der Waals surface area contributed by atoms with Gasteiger partial charge >= 0.3 is 0 Å². The highest BCUT2D eigenvalue weighted by atomic mass is 35.6. The number of alkyl halides is 3. The van der Waals surface area contributed by atoms with Gasteiger partial charge in [0.1, 0.15) is 0 Å². The third-order valence-corrected chi connectivity index (χ3v) is 9.39. The van der Waals surface area contributed by atoms with Gasteiger partial charge in [-0.25, -0.2) is 0 Å². The topological polar surface area (TPSA) is 71.0 Å². The summed E-state index contributed by atoms with van der Waals surface area (Å²) in [6.07, 6.45) is 6.09. The second-order valence-electron chi connectivity index (χ2n) is 12.0. The highest BCUT2D eigenvalue weighted by molar-refractivity contribution is 6.76. The number of nitrogens with one attached hydrogen (secondary N) is 1. The minimum absolute atomic E-state index is 0.000881. The highest BCUT2D eigenvalue weighted by Crippen LogP contribution is 2.43. The molecule has 0 radical (unpaired) electrons. The molecule has 0 unspecified atom stereocenters. The van der Waals surface area contributed by atoms with Crippen molar-refractivity contribution < 1.29 is 19.4 Å². The molecular formula is C36H41Cl3N2O4. The van der Waals surface area contributed by atoms with Crippen molar-refractivity contribution >= 4 is 40.7 Å². The monoisotopic (exact) mass is 670 g/mol. The molecule has 1 aliphatic heterocycles. The molecule has 2 N–H and O–H groups in total. The molecule has 6 nitrogen and oxygen atoms in total. The van der Waals surface area contributed by atoms with Gasteiger partial charge in [0, 0.05) is 37.2 Å². The zero-order valence-electron chi connectivity index (χ0n) is 25.5. The van der Waals surface area contributed by atoms with E-state index < -0.39 is 16.0 Å². The summed E-state index contributed by atoms with van der Waals surface area (Å²) in [4.78, 5) is 14.6. The lowest BCUT2D eigenvalue weighted by atomic mass is 9.89. The van der Waals surface area contributed by atoms with Crippen molar-refractivity contribution in [3.8, 4) is 11.1 Å². The number of aliphatic hydroxyl groups excluding tert-OH is 1. The Kier molecular flexibility index (Phi) is 11.6. The van der Waals surface area contributed by atoms with E-state index in [1.54, 1.807) is 0 Å². The first-order chi connectivity index (χ1) is 21.7. The third kappa shape index (κ3) is 8.69.